The molecular formula is C59H44N6Si. The largest absolute Gasteiger partial charge is 0.331 e. The van der Waals surface area contributed by atoms with E-state index in [4.69, 9.17) is 15.0 Å². The maximum Gasteiger partial charge on any atom is 0.164 e. The lowest BCUT2D eigenvalue weighted by atomic mass is 9.91. The highest BCUT2D eigenvalue weighted by molar-refractivity contribution is 7.02. The van der Waals surface area contributed by atoms with Crippen LogP contribution in [0.4, 0.5) is 28.4 Å². The quantitative estimate of drug-likeness (QED) is 0.156. The molecule has 0 spiro atoms. The maximum absolute atomic E-state index is 5.39. The fourth-order valence-corrected chi connectivity index (χ4v) is 13.9. The van der Waals surface area contributed by atoms with Crippen LogP contribution >= 0.6 is 0 Å². The zero-order valence-electron chi connectivity index (χ0n) is 36.6. The molecule has 3 aliphatic rings. The van der Waals surface area contributed by atoms with Gasteiger partial charge < -0.3 is 14.4 Å². The Kier molecular flexibility index (Phi) is 8.70. The Balaban J connectivity index is 1.21. The number of rotatable bonds is 6. The minimum Gasteiger partial charge on any atom is -0.331 e. The zero-order chi connectivity index (χ0) is 43.9. The molecule has 2 unspecified atom stereocenters. The summed E-state index contributed by atoms with van der Waals surface area (Å²) in [6.45, 7) is 4.99. The van der Waals surface area contributed by atoms with Crippen LogP contribution in [-0.4, -0.2) is 33.6 Å². The normalized spacial score (nSPS) is 16.6. The summed E-state index contributed by atoms with van der Waals surface area (Å²) in [6.07, 6.45) is 9.15. The number of allylic oxidation sites excluding steroid dienone is 2. The van der Waals surface area contributed by atoms with E-state index in [9.17, 15) is 0 Å². The summed E-state index contributed by atoms with van der Waals surface area (Å²) in [6, 6.07) is 70.1. The number of anilines is 5. The fraction of sp³-hybridized carbons (Fsp3) is 0.0678. The number of aromatic nitrogens is 4. The third kappa shape index (κ3) is 5.83. The molecule has 0 N–H and O–H groups in total. The molecule has 0 saturated carbocycles. The van der Waals surface area contributed by atoms with Gasteiger partial charge in [0, 0.05) is 50.4 Å². The van der Waals surface area contributed by atoms with Crippen molar-refractivity contribution in [3.8, 4) is 39.9 Å². The molecule has 2 aromatic heterocycles. The van der Waals surface area contributed by atoms with Gasteiger partial charge >= 0.3 is 0 Å². The minimum absolute atomic E-state index is 0.0200. The predicted octanol–water partition coefficient (Wildman–Crippen LogP) is 13.3. The van der Waals surface area contributed by atoms with E-state index in [2.05, 4.69) is 209 Å². The van der Waals surface area contributed by atoms with Gasteiger partial charge in [0.25, 0.3) is 0 Å². The second-order valence-corrected chi connectivity index (χ2v) is 22.3. The molecule has 0 amide bonds. The van der Waals surface area contributed by atoms with E-state index in [0.29, 0.717) is 17.5 Å². The number of fused-ring (bicyclic) bond motifs is 8. The topological polar surface area (TPSA) is 50.1 Å². The van der Waals surface area contributed by atoms with E-state index >= 15 is 0 Å². The highest BCUT2D eigenvalue weighted by Gasteiger charge is 2.43. The van der Waals surface area contributed by atoms with Crippen LogP contribution < -0.4 is 20.2 Å². The molecule has 8 aromatic carbocycles. The molecule has 7 heteroatoms. The van der Waals surface area contributed by atoms with E-state index in [1.165, 1.54) is 43.8 Å². The van der Waals surface area contributed by atoms with E-state index in [1.54, 1.807) is 0 Å². The Morgan fingerprint density at radius 3 is 1.50 bits per heavy atom. The van der Waals surface area contributed by atoms with E-state index in [1.807, 2.05) is 36.4 Å². The first-order valence-electron chi connectivity index (χ1n) is 22.8. The van der Waals surface area contributed by atoms with Gasteiger partial charge in [-0.2, -0.15) is 0 Å². The highest BCUT2D eigenvalue weighted by atomic mass is 28.3. The SMILES string of the molecule is C[Si]1(C)c2ccccc2N(c2c(N3c4ccccc4C4C=CC=CC43)cc(-c3nc(-c4ccccc4)nc(-c4ccccc4)n3)cc2-n2c3ccccc3c3ccccc32)c2ccccc21. The maximum atomic E-state index is 5.39. The summed E-state index contributed by atoms with van der Waals surface area (Å²) in [7, 11) is -2.16. The Bertz CT molecular complexity index is 3450. The van der Waals surface area contributed by atoms with Crippen molar-refractivity contribution in [3.05, 3.63) is 224 Å². The molecule has 4 heterocycles. The molecule has 2 aliphatic heterocycles. The van der Waals surface area contributed by atoms with Gasteiger partial charge in [-0.15, -0.1) is 0 Å². The van der Waals surface area contributed by atoms with Crippen LogP contribution in [-0.2, 0) is 0 Å². The smallest absolute Gasteiger partial charge is 0.164 e. The molecule has 6 nitrogen and oxygen atoms in total. The van der Waals surface area contributed by atoms with Crippen molar-refractivity contribution in [2.45, 2.75) is 25.1 Å². The molecule has 314 valence electrons. The van der Waals surface area contributed by atoms with Gasteiger partial charge in [0.15, 0.2) is 17.5 Å². The van der Waals surface area contributed by atoms with Gasteiger partial charge in [-0.1, -0.05) is 189 Å². The third-order valence-electron chi connectivity index (χ3n) is 13.9. The van der Waals surface area contributed by atoms with Crippen molar-refractivity contribution in [1.82, 2.24) is 19.5 Å². The van der Waals surface area contributed by atoms with E-state index in [-0.39, 0.29) is 12.0 Å². The van der Waals surface area contributed by atoms with Crippen molar-refractivity contribution in [1.29, 1.82) is 0 Å². The molecule has 2 atom stereocenters. The molecule has 0 fully saturated rings. The number of para-hydroxylation sites is 5. The Hall–Kier alpha value is -8.13. The van der Waals surface area contributed by atoms with Crippen molar-refractivity contribution >= 4 is 68.7 Å². The third-order valence-corrected chi connectivity index (χ3v) is 17.5. The highest BCUT2D eigenvalue weighted by Crippen LogP contribution is 2.55. The summed E-state index contributed by atoms with van der Waals surface area (Å²) in [5.74, 6) is 2.02. The number of nitrogens with zero attached hydrogens (tertiary/aromatic N) is 6. The van der Waals surface area contributed by atoms with E-state index < -0.39 is 8.07 Å². The van der Waals surface area contributed by atoms with Gasteiger partial charge in [0.2, 0.25) is 0 Å². The van der Waals surface area contributed by atoms with Crippen LogP contribution in [0.3, 0.4) is 0 Å². The fourth-order valence-electron chi connectivity index (χ4n) is 10.9. The molecule has 0 bridgehead atoms. The molecule has 0 radical (unpaired) electrons. The Morgan fingerprint density at radius 1 is 0.424 bits per heavy atom. The first-order chi connectivity index (χ1) is 32.5. The van der Waals surface area contributed by atoms with Crippen LogP contribution in [0.25, 0.3) is 61.7 Å². The standard InChI is InChI=1S/C59H44N6Si/c1-66(2)54-35-19-17-33-50(54)65(51-34-18-20-36-55(51)66)56-52(63-46-29-13-9-25-42(46)43-26-10-14-30-47(43)63)37-41(38-53(56)64-48-31-15-11-27-44(48)45-28-12-16-32-49(45)64)59-61-57(39-21-5-3-6-22-39)60-58(62-59)40-23-7-4-8-24-40/h3-38,42,46H,1-2H3. The van der Waals surface area contributed by atoms with Crippen molar-refractivity contribution in [2.24, 2.45) is 0 Å². The predicted molar refractivity (Wildman–Crippen MR) is 275 cm³/mol. The van der Waals surface area contributed by atoms with Gasteiger partial charge in [0.1, 0.15) is 8.07 Å². The van der Waals surface area contributed by atoms with Crippen LogP contribution in [0, 0.1) is 0 Å². The molecule has 10 aromatic rings. The molecule has 0 saturated heterocycles. The van der Waals surface area contributed by atoms with Crippen LogP contribution in [0.15, 0.2) is 218 Å². The van der Waals surface area contributed by atoms with Gasteiger partial charge in [-0.25, -0.2) is 15.0 Å². The van der Waals surface area contributed by atoms with Crippen molar-refractivity contribution < 1.29 is 0 Å². The Labute approximate surface area is 385 Å². The van der Waals surface area contributed by atoms with Crippen molar-refractivity contribution in [3.63, 3.8) is 0 Å². The average Bonchev–Trinajstić information content (AvgIpc) is 3.90. The lowest BCUT2D eigenvalue weighted by molar-refractivity contribution is 0.744. The van der Waals surface area contributed by atoms with Crippen LogP contribution in [0.1, 0.15) is 11.5 Å². The second kappa shape index (κ2) is 15.0. The number of benzene rings is 8. The number of hydrogen-bond donors (Lipinski definition) is 0. The molecule has 13 rings (SSSR count). The summed E-state index contributed by atoms with van der Waals surface area (Å²) < 4.78 is 2.49. The molecular weight excluding hydrogens is 821 g/mol. The van der Waals surface area contributed by atoms with Crippen LogP contribution in [0.5, 0.6) is 0 Å². The lowest BCUT2D eigenvalue weighted by Crippen LogP contribution is -2.58. The zero-order valence-corrected chi connectivity index (χ0v) is 37.6. The molecule has 1 aliphatic carbocycles. The first kappa shape index (κ1) is 38.3. The molecule has 66 heavy (non-hydrogen) atoms. The van der Waals surface area contributed by atoms with E-state index in [0.717, 1.165) is 44.8 Å². The van der Waals surface area contributed by atoms with Gasteiger partial charge in [0.05, 0.1) is 34.1 Å². The second-order valence-electron chi connectivity index (χ2n) is 18.0. The first-order valence-corrected chi connectivity index (χ1v) is 25.8. The monoisotopic (exact) mass is 864 g/mol. The minimum atomic E-state index is -2.16. The van der Waals surface area contributed by atoms with Gasteiger partial charge in [-0.3, -0.25) is 0 Å². The number of hydrogen-bond acceptors (Lipinski definition) is 5. The Morgan fingerprint density at radius 2 is 0.894 bits per heavy atom. The average molecular weight is 865 g/mol. The summed E-state index contributed by atoms with van der Waals surface area (Å²) in [5, 5.41) is 5.21. The van der Waals surface area contributed by atoms with Crippen molar-refractivity contribution in [2.75, 3.05) is 9.80 Å². The van der Waals surface area contributed by atoms with Crippen LogP contribution in [0.2, 0.25) is 13.1 Å². The summed E-state index contributed by atoms with van der Waals surface area (Å²) in [5.41, 5.74) is 13.1. The summed E-state index contributed by atoms with van der Waals surface area (Å²) >= 11 is 0. The summed E-state index contributed by atoms with van der Waals surface area (Å²) in [4.78, 5) is 21.1. The lowest BCUT2D eigenvalue weighted by Gasteiger charge is -2.43. The van der Waals surface area contributed by atoms with Gasteiger partial charge in [-0.05, 0) is 58.4 Å².